The van der Waals surface area contributed by atoms with Gasteiger partial charge in [0.2, 0.25) is 0 Å². The van der Waals surface area contributed by atoms with Gasteiger partial charge in [-0.25, -0.2) is 19.6 Å². The Kier molecular flexibility index (Phi) is 3.73. The van der Waals surface area contributed by atoms with Crippen LogP contribution in [0.15, 0.2) is 71.8 Å². The van der Waals surface area contributed by atoms with Crippen LogP contribution in [0.1, 0.15) is 10.5 Å². The van der Waals surface area contributed by atoms with Crippen LogP contribution in [0.4, 0.5) is 5.13 Å². The quantitative estimate of drug-likeness (QED) is 0.513. The fourth-order valence-corrected chi connectivity index (χ4v) is 3.82. The standard InChI is InChI=1S/C19H12N6O2S/c26-17-8-10-21-16-11-13(24(25(16)17)15-7-3-4-9-20-15)18(27)23-19-22-12-5-1-2-6-14(12)28-19/h1-11H,(H,22,23,27). The van der Waals surface area contributed by atoms with Gasteiger partial charge in [-0.15, -0.1) is 0 Å². The molecule has 0 atom stereocenters. The number of benzene rings is 1. The molecule has 136 valence electrons. The van der Waals surface area contributed by atoms with E-state index in [1.165, 1.54) is 32.8 Å². The molecule has 1 aromatic carbocycles. The highest BCUT2D eigenvalue weighted by molar-refractivity contribution is 7.22. The van der Waals surface area contributed by atoms with E-state index in [0.29, 0.717) is 16.6 Å². The molecule has 4 aromatic heterocycles. The Morgan fingerprint density at radius 3 is 2.68 bits per heavy atom. The molecule has 9 heteroatoms. The molecule has 0 saturated heterocycles. The molecular formula is C19H12N6O2S. The molecule has 4 heterocycles. The van der Waals surface area contributed by atoms with Gasteiger partial charge in [-0.2, -0.15) is 4.52 Å². The lowest BCUT2D eigenvalue weighted by Crippen LogP contribution is -2.24. The Bertz CT molecular complexity index is 1350. The summed E-state index contributed by atoms with van der Waals surface area (Å²) in [4.78, 5) is 38.4. The first kappa shape index (κ1) is 16.3. The Hall–Kier alpha value is -3.85. The van der Waals surface area contributed by atoms with Crippen LogP contribution < -0.4 is 10.9 Å². The van der Waals surface area contributed by atoms with Crippen LogP contribution in [0.5, 0.6) is 0 Å². The molecule has 28 heavy (non-hydrogen) atoms. The van der Waals surface area contributed by atoms with Crippen molar-refractivity contribution >= 4 is 38.2 Å². The van der Waals surface area contributed by atoms with E-state index in [0.717, 1.165) is 10.2 Å². The number of amides is 1. The summed E-state index contributed by atoms with van der Waals surface area (Å²) in [6.07, 6.45) is 3.01. The number of pyridine rings is 1. The summed E-state index contributed by atoms with van der Waals surface area (Å²) in [5.41, 5.74) is 1.09. The number of para-hydroxylation sites is 1. The van der Waals surface area contributed by atoms with Gasteiger partial charge in [0.25, 0.3) is 11.5 Å². The number of nitrogens with zero attached hydrogens (tertiary/aromatic N) is 5. The Labute approximate surface area is 161 Å². The van der Waals surface area contributed by atoms with Crippen LogP contribution in [0, 0.1) is 0 Å². The second-order valence-corrected chi connectivity index (χ2v) is 6.95. The summed E-state index contributed by atoms with van der Waals surface area (Å²) < 4.78 is 3.74. The van der Waals surface area contributed by atoms with E-state index in [1.54, 1.807) is 30.5 Å². The molecule has 0 fully saturated rings. The van der Waals surface area contributed by atoms with Crippen molar-refractivity contribution in [2.24, 2.45) is 0 Å². The molecule has 0 bridgehead atoms. The molecular weight excluding hydrogens is 376 g/mol. The van der Waals surface area contributed by atoms with Crippen molar-refractivity contribution in [1.29, 1.82) is 0 Å². The average Bonchev–Trinajstić information content (AvgIpc) is 3.30. The van der Waals surface area contributed by atoms with Crippen molar-refractivity contribution in [3.63, 3.8) is 0 Å². The molecule has 0 saturated carbocycles. The number of carbonyl (C=O) groups excluding carboxylic acids is 1. The third kappa shape index (κ3) is 2.65. The van der Waals surface area contributed by atoms with Gasteiger partial charge in [-0.05, 0) is 24.3 Å². The molecule has 5 aromatic rings. The summed E-state index contributed by atoms with van der Waals surface area (Å²) in [7, 11) is 0. The van der Waals surface area contributed by atoms with Gasteiger partial charge >= 0.3 is 0 Å². The number of anilines is 1. The molecule has 0 spiro atoms. The lowest BCUT2D eigenvalue weighted by atomic mass is 10.3. The van der Waals surface area contributed by atoms with E-state index >= 15 is 0 Å². The van der Waals surface area contributed by atoms with Crippen molar-refractivity contribution in [3.05, 3.63) is 83.0 Å². The first-order valence-corrected chi connectivity index (χ1v) is 9.20. The Morgan fingerprint density at radius 2 is 1.86 bits per heavy atom. The van der Waals surface area contributed by atoms with Gasteiger partial charge in [0.05, 0.1) is 10.2 Å². The minimum Gasteiger partial charge on any atom is -0.296 e. The zero-order valence-electron chi connectivity index (χ0n) is 14.3. The largest absolute Gasteiger partial charge is 0.296 e. The summed E-state index contributed by atoms with van der Waals surface area (Å²) in [6, 6.07) is 15.8. The summed E-state index contributed by atoms with van der Waals surface area (Å²) in [5.74, 6) is 0.0247. The highest BCUT2D eigenvalue weighted by Gasteiger charge is 2.20. The fourth-order valence-electron chi connectivity index (χ4n) is 2.96. The summed E-state index contributed by atoms with van der Waals surface area (Å²) in [5, 5.41) is 3.29. The van der Waals surface area contributed by atoms with Crippen LogP contribution in [0.3, 0.4) is 0 Å². The van der Waals surface area contributed by atoms with Crippen molar-refractivity contribution in [3.8, 4) is 5.82 Å². The molecule has 1 N–H and O–H groups in total. The monoisotopic (exact) mass is 388 g/mol. The van der Waals surface area contributed by atoms with E-state index in [4.69, 9.17) is 0 Å². The van der Waals surface area contributed by atoms with Gasteiger partial charge < -0.3 is 0 Å². The predicted octanol–water partition coefficient (Wildman–Crippen LogP) is 2.74. The maximum Gasteiger partial charge on any atom is 0.276 e. The van der Waals surface area contributed by atoms with Gasteiger partial charge in [0.1, 0.15) is 5.69 Å². The van der Waals surface area contributed by atoms with Gasteiger partial charge in [0, 0.05) is 24.5 Å². The van der Waals surface area contributed by atoms with Crippen molar-refractivity contribution < 1.29 is 4.79 Å². The second kappa shape index (κ2) is 6.39. The summed E-state index contributed by atoms with van der Waals surface area (Å²) >= 11 is 1.38. The fraction of sp³-hybridized carbons (Fsp3) is 0. The van der Waals surface area contributed by atoms with Gasteiger partial charge in [-0.1, -0.05) is 29.5 Å². The van der Waals surface area contributed by atoms with E-state index in [1.807, 2.05) is 24.3 Å². The molecule has 0 aliphatic rings. The third-order valence-electron chi connectivity index (χ3n) is 4.16. The number of nitrogens with one attached hydrogen (secondary N) is 1. The maximum atomic E-state index is 13.0. The smallest absolute Gasteiger partial charge is 0.276 e. The zero-order chi connectivity index (χ0) is 19.1. The Balaban J connectivity index is 1.64. The first-order valence-electron chi connectivity index (χ1n) is 8.39. The predicted molar refractivity (Wildman–Crippen MR) is 106 cm³/mol. The number of hydrogen-bond acceptors (Lipinski definition) is 6. The topological polar surface area (TPSA) is 94.2 Å². The van der Waals surface area contributed by atoms with E-state index < -0.39 is 5.91 Å². The molecule has 0 aliphatic carbocycles. The first-order chi connectivity index (χ1) is 13.7. The van der Waals surface area contributed by atoms with Crippen molar-refractivity contribution in [2.45, 2.75) is 0 Å². The SMILES string of the molecule is O=C(Nc1nc2ccccc2s1)c1cc2nccc(=O)n2n1-c1ccccn1. The Morgan fingerprint density at radius 1 is 1.00 bits per heavy atom. The van der Waals surface area contributed by atoms with Crippen LogP contribution in [0.2, 0.25) is 0 Å². The maximum absolute atomic E-state index is 13.0. The lowest BCUT2D eigenvalue weighted by molar-refractivity contribution is 0.101. The van der Waals surface area contributed by atoms with Crippen molar-refractivity contribution in [1.82, 2.24) is 24.1 Å². The highest BCUT2D eigenvalue weighted by atomic mass is 32.1. The molecule has 0 radical (unpaired) electrons. The van der Waals surface area contributed by atoms with Crippen molar-refractivity contribution in [2.75, 3.05) is 5.32 Å². The highest BCUT2D eigenvalue weighted by Crippen LogP contribution is 2.26. The van der Waals surface area contributed by atoms with Gasteiger partial charge in [0.15, 0.2) is 16.6 Å². The minimum atomic E-state index is -0.408. The zero-order valence-corrected chi connectivity index (χ0v) is 15.1. The number of thiazole rings is 1. The van der Waals surface area contributed by atoms with E-state index in [2.05, 4.69) is 20.3 Å². The number of rotatable bonds is 3. The van der Waals surface area contributed by atoms with Crippen LogP contribution >= 0.6 is 11.3 Å². The molecule has 1 amide bonds. The number of aromatic nitrogens is 5. The molecule has 8 nitrogen and oxygen atoms in total. The molecule has 0 unspecified atom stereocenters. The van der Waals surface area contributed by atoms with Crippen LogP contribution in [-0.2, 0) is 0 Å². The number of hydrogen-bond donors (Lipinski definition) is 1. The number of fused-ring (bicyclic) bond motifs is 2. The van der Waals surface area contributed by atoms with Crippen LogP contribution in [-0.4, -0.2) is 30.1 Å². The van der Waals surface area contributed by atoms with E-state index in [-0.39, 0.29) is 11.3 Å². The molecule has 0 aliphatic heterocycles. The number of carbonyl (C=O) groups is 1. The summed E-state index contributed by atoms with van der Waals surface area (Å²) in [6.45, 7) is 0. The second-order valence-electron chi connectivity index (χ2n) is 5.92. The van der Waals surface area contributed by atoms with E-state index in [9.17, 15) is 9.59 Å². The average molecular weight is 388 g/mol. The lowest BCUT2D eigenvalue weighted by Gasteiger charge is -2.09. The van der Waals surface area contributed by atoms with Gasteiger partial charge in [-0.3, -0.25) is 14.9 Å². The van der Waals surface area contributed by atoms with Crippen LogP contribution in [0.25, 0.3) is 21.7 Å². The normalized spacial score (nSPS) is 11.1. The minimum absolute atomic E-state index is 0.230. The molecule has 5 rings (SSSR count). The third-order valence-corrected chi connectivity index (χ3v) is 5.11.